The van der Waals surface area contributed by atoms with Gasteiger partial charge in [-0.05, 0) is 55.3 Å². The fourth-order valence-corrected chi connectivity index (χ4v) is 4.26. The Morgan fingerprint density at radius 1 is 1.00 bits per heavy atom. The molecule has 0 amide bonds. The highest BCUT2D eigenvalue weighted by Crippen LogP contribution is 2.49. The Morgan fingerprint density at radius 2 is 1.71 bits per heavy atom. The standard InChI is InChI=1S/C16H30O/c1-12-6-7-14(10-13(12)2)16(17)9-5-8-15(3,4)11-16/h12-14,17H,5-11H2,1-4H3. The fraction of sp³-hybridized carbons (Fsp3) is 1.00. The normalized spacial score (nSPS) is 46.8. The summed E-state index contributed by atoms with van der Waals surface area (Å²) in [7, 11) is 0. The maximum atomic E-state index is 11.0. The second kappa shape index (κ2) is 4.57. The summed E-state index contributed by atoms with van der Waals surface area (Å²) < 4.78 is 0. The highest BCUT2D eigenvalue weighted by atomic mass is 16.3. The van der Waals surface area contributed by atoms with Gasteiger partial charge in [-0.3, -0.25) is 0 Å². The van der Waals surface area contributed by atoms with Crippen LogP contribution < -0.4 is 0 Å². The Hall–Kier alpha value is -0.0400. The van der Waals surface area contributed by atoms with E-state index in [1.165, 1.54) is 32.1 Å². The zero-order chi connectivity index (χ0) is 12.7. The minimum Gasteiger partial charge on any atom is -0.390 e. The molecule has 4 unspecified atom stereocenters. The summed E-state index contributed by atoms with van der Waals surface area (Å²) in [6, 6.07) is 0. The number of hydrogen-bond donors (Lipinski definition) is 1. The Labute approximate surface area is 107 Å². The van der Waals surface area contributed by atoms with Crippen LogP contribution in [-0.2, 0) is 0 Å². The summed E-state index contributed by atoms with van der Waals surface area (Å²) in [4.78, 5) is 0. The molecule has 2 saturated carbocycles. The van der Waals surface area contributed by atoms with Gasteiger partial charge in [0.2, 0.25) is 0 Å². The lowest BCUT2D eigenvalue weighted by molar-refractivity contribution is -0.101. The van der Waals surface area contributed by atoms with Gasteiger partial charge >= 0.3 is 0 Å². The Morgan fingerprint density at radius 3 is 2.29 bits per heavy atom. The lowest BCUT2D eigenvalue weighted by atomic mass is 9.60. The molecule has 0 aliphatic heterocycles. The summed E-state index contributed by atoms with van der Waals surface area (Å²) in [6.45, 7) is 9.39. The molecule has 1 N–H and O–H groups in total. The predicted molar refractivity (Wildman–Crippen MR) is 72.9 cm³/mol. The largest absolute Gasteiger partial charge is 0.390 e. The van der Waals surface area contributed by atoms with Gasteiger partial charge in [-0.15, -0.1) is 0 Å². The minimum atomic E-state index is -0.351. The molecule has 2 rings (SSSR count). The molecule has 2 aliphatic carbocycles. The third kappa shape index (κ3) is 2.86. The van der Waals surface area contributed by atoms with E-state index in [2.05, 4.69) is 27.7 Å². The van der Waals surface area contributed by atoms with Crippen LogP contribution in [0.4, 0.5) is 0 Å². The van der Waals surface area contributed by atoms with Crippen molar-refractivity contribution in [1.29, 1.82) is 0 Å². The van der Waals surface area contributed by atoms with E-state index < -0.39 is 0 Å². The molecule has 0 aromatic heterocycles. The molecular weight excluding hydrogens is 208 g/mol. The van der Waals surface area contributed by atoms with Crippen molar-refractivity contribution in [1.82, 2.24) is 0 Å². The van der Waals surface area contributed by atoms with Crippen molar-refractivity contribution >= 4 is 0 Å². The van der Waals surface area contributed by atoms with E-state index in [1.807, 2.05) is 0 Å². The summed E-state index contributed by atoms with van der Waals surface area (Å²) in [5, 5.41) is 11.0. The van der Waals surface area contributed by atoms with Crippen LogP contribution in [0.25, 0.3) is 0 Å². The molecule has 0 bridgehead atoms. The first kappa shape index (κ1) is 13.4. The van der Waals surface area contributed by atoms with Crippen molar-refractivity contribution in [3.05, 3.63) is 0 Å². The van der Waals surface area contributed by atoms with E-state index in [1.54, 1.807) is 0 Å². The molecule has 1 heteroatoms. The zero-order valence-corrected chi connectivity index (χ0v) is 12.1. The van der Waals surface area contributed by atoms with Crippen molar-refractivity contribution in [2.45, 2.75) is 78.2 Å². The van der Waals surface area contributed by atoms with Gasteiger partial charge in [-0.25, -0.2) is 0 Å². The Balaban J connectivity index is 2.05. The molecule has 0 radical (unpaired) electrons. The van der Waals surface area contributed by atoms with E-state index in [9.17, 15) is 5.11 Å². The van der Waals surface area contributed by atoms with Crippen LogP contribution in [0.5, 0.6) is 0 Å². The average Bonchev–Trinajstić information content (AvgIpc) is 2.20. The van der Waals surface area contributed by atoms with Crippen molar-refractivity contribution < 1.29 is 5.11 Å². The van der Waals surface area contributed by atoms with Gasteiger partial charge in [0.15, 0.2) is 0 Å². The Kier molecular flexibility index (Phi) is 3.60. The van der Waals surface area contributed by atoms with Crippen LogP contribution in [-0.4, -0.2) is 10.7 Å². The van der Waals surface area contributed by atoms with Crippen molar-refractivity contribution in [3.63, 3.8) is 0 Å². The van der Waals surface area contributed by atoms with Crippen LogP contribution in [0.15, 0.2) is 0 Å². The van der Waals surface area contributed by atoms with Crippen LogP contribution in [0, 0.1) is 23.2 Å². The van der Waals surface area contributed by atoms with Gasteiger partial charge in [-0.1, -0.05) is 40.5 Å². The monoisotopic (exact) mass is 238 g/mol. The van der Waals surface area contributed by atoms with Gasteiger partial charge in [0.1, 0.15) is 0 Å². The summed E-state index contributed by atoms with van der Waals surface area (Å²) >= 11 is 0. The van der Waals surface area contributed by atoms with Crippen LogP contribution >= 0.6 is 0 Å². The van der Waals surface area contributed by atoms with Crippen molar-refractivity contribution in [3.8, 4) is 0 Å². The molecule has 0 heterocycles. The predicted octanol–water partition coefficient (Wildman–Crippen LogP) is 4.39. The molecule has 2 fully saturated rings. The van der Waals surface area contributed by atoms with E-state index in [0.29, 0.717) is 11.3 Å². The van der Waals surface area contributed by atoms with E-state index >= 15 is 0 Å². The summed E-state index contributed by atoms with van der Waals surface area (Å²) in [5.41, 5.74) is -0.00451. The average molecular weight is 238 g/mol. The highest BCUT2D eigenvalue weighted by Gasteiger charge is 2.45. The molecule has 4 atom stereocenters. The van der Waals surface area contributed by atoms with Gasteiger partial charge in [0, 0.05) is 0 Å². The fourth-order valence-electron chi connectivity index (χ4n) is 4.26. The summed E-state index contributed by atoms with van der Waals surface area (Å²) in [6.07, 6.45) is 8.37. The van der Waals surface area contributed by atoms with Gasteiger partial charge in [0.05, 0.1) is 5.60 Å². The van der Waals surface area contributed by atoms with Crippen molar-refractivity contribution in [2.24, 2.45) is 23.2 Å². The first-order chi connectivity index (χ1) is 7.82. The second-order valence-corrected chi connectivity index (χ2v) is 7.76. The van der Waals surface area contributed by atoms with Gasteiger partial charge in [-0.2, -0.15) is 0 Å². The molecule has 0 aromatic carbocycles. The number of hydrogen-bond acceptors (Lipinski definition) is 1. The third-order valence-corrected chi connectivity index (χ3v) is 5.61. The van der Waals surface area contributed by atoms with Crippen molar-refractivity contribution in [2.75, 3.05) is 0 Å². The van der Waals surface area contributed by atoms with Crippen LogP contribution in [0.2, 0.25) is 0 Å². The Bertz CT molecular complexity index is 271. The molecule has 17 heavy (non-hydrogen) atoms. The lowest BCUT2D eigenvalue weighted by Gasteiger charge is -2.49. The number of aliphatic hydroxyl groups is 1. The molecule has 100 valence electrons. The maximum Gasteiger partial charge on any atom is 0.0681 e. The summed E-state index contributed by atoms with van der Waals surface area (Å²) in [5.74, 6) is 2.21. The van der Waals surface area contributed by atoms with Crippen LogP contribution in [0.3, 0.4) is 0 Å². The van der Waals surface area contributed by atoms with E-state index in [-0.39, 0.29) is 5.60 Å². The first-order valence-corrected chi connectivity index (χ1v) is 7.55. The molecular formula is C16H30O. The van der Waals surface area contributed by atoms with Gasteiger partial charge in [0.25, 0.3) is 0 Å². The smallest absolute Gasteiger partial charge is 0.0681 e. The molecule has 2 aliphatic rings. The zero-order valence-electron chi connectivity index (χ0n) is 12.1. The van der Waals surface area contributed by atoms with Gasteiger partial charge < -0.3 is 5.11 Å². The maximum absolute atomic E-state index is 11.0. The SMILES string of the molecule is CC1CCC(C2(O)CCCC(C)(C)C2)CC1C. The highest BCUT2D eigenvalue weighted by molar-refractivity contribution is 4.97. The van der Waals surface area contributed by atoms with Crippen LogP contribution in [0.1, 0.15) is 72.6 Å². The third-order valence-electron chi connectivity index (χ3n) is 5.61. The van der Waals surface area contributed by atoms with E-state index in [0.717, 1.165) is 24.7 Å². The first-order valence-electron chi connectivity index (χ1n) is 7.55. The number of rotatable bonds is 1. The molecule has 1 nitrogen and oxygen atoms in total. The minimum absolute atomic E-state index is 0.347. The quantitative estimate of drug-likeness (QED) is 0.718. The lowest BCUT2D eigenvalue weighted by Crippen LogP contribution is -2.47. The molecule has 0 aromatic rings. The second-order valence-electron chi connectivity index (χ2n) is 7.76. The molecule has 0 saturated heterocycles. The topological polar surface area (TPSA) is 20.2 Å². The molecule has 0 spiro atoms. The van der Waals surface area contributed by atoms with E-state index in [4.69, 9.17) is 0 Å².